The van der Waals surface area contributed by atoms with Crippen molar-refractivity contribution in [1.82, 2.24) is 0 Å². The van der Waals surface area contributed by atoms with Gasteiger partial charge in [-0.3, -0.25) is 10.1 Å². The second-order valence-corrected chi connectivity index (χ2v) is 7.47. The molecular formula is C21H32N2O5. The summed E-state index contributed by atoms with van der Waals surface area (Å²) in [6, 6.07) is 7.95. The Balaban J connectivity index is 2.27. The van der Waals surface area contributed by atoms with E-state index in [1.165, 1.54) is 5.56 Å². The molecule has 0 amide bonds. The van der Waals surface area contributed by atoms with Gasteiger partial charge in [-0.25, -0.2) is 4.79 Å². The lowest BCUT2D eigenvalue weighted by Crippen LogP contribution is -2.17. The van der Waals surface area contributed by atoms with Gasteiger partial charge in [-0.05, 0) is 36.3 Å². The molecule has 0 atom stereocenters. The number of nitrogens with zero attached hydrogens (tertiary/aromatic N) is 2. The molecule has 7 nitrogen and oxygen atoms in total. The largest absolute Gasteiger partial charge is 0.456 e. The molecule has 156 valence electrons. The molecule has 0 heterocycles. The third kappa shape index (κ3) is 10.6. The van der Waals surface area contributed by atoms with Crippen LogP contribution in [0.5, 0.6) is 0 Å². The van der Waals surface area contributed by atoms with Gasteiger partial charge in [0, 0.05) is 17.8 Å². The maximum atomic E-state index is 12.1. The number of oxime groups is 1. The quantitative estimate of drug-likeness (QED) is 0.123. The van der Waals surface area contributed by atoms with E-state index < -0.39 is 5.97 Å². The third-order valence-corrected chi connectivity index (χ3v) is 4.37. The normalized spacial score (nSPS) is 11.6. The van der Waals surface area contributed by atoms with Crippen LogP contribution in [-0.4, -0.2) is 28.4 Å². The van der Waals surface area contributed by atoms with Gasteiger partial charge < -0.3 is 9.94 Å². The van der Waals surface area contributed by atoms with Crippen molar-refractivity contribution in [1.29, 1.82) is 0 Å². The van der Waals surface area contributed by atoms with Gasteiger partial charge in [0.2, 0.25) is 6.54 Å². The zero-order chi connectivity index (χ0) is 20.8. The number of ether oxygens (including phenoxy) is 1. The molecule has 28 heavy (non-hydrogen) atoms. The minimum atomic E-state index is -0.595. The number of nitro groups is 1. The van der Waals surface area contributed by atoms with Crippen LogP contribution in [0, 0.1) is 16.0 Å². The van der Waals surface area contributed by atoms with Crippen molar-refractivity contribution < 1.29 is 19.7 Å². The van der Waals surface area contributed by atoms with Gasteiger partial charge in [0.05, 0.1) is 0 Å². The summed E-state index contributed by atoms with van der Waals surface area (Å²) in [5.74, 6) is -0.0401. The first kappa shape index (κ1) is 23.6. The second kappa shape index (κ2) is 13.7. The minimum absolute atomic E-state index is 0.0214. The van der Waals surface area contributed by atoms with Gasteiger partial charge in [0.1, 0.15) is 6.61 Å². The summed E-state index contributed by atoms with van der Waals surface area (Å²) in [6.07, 6.45) is 6.22. The Morgan fingerprint density at radius 1 is 1.14 bits per heavy atom. The third-order valence-electron chi connectivity index (χ3n) is 4.37. The van der Waals surface area contributed by atoms with E-state index in [0.717, 1.165) is 37.7 Å². The molecule has 1 rings (SSSR count). The smallest absolute Gasteiger partial charge is 0.356 e. The lowest BCUT2D eigenvalue weighted by molar-refractivity contribution is -0.480. The second-order valence-electron chi connectivity index (χ2n) is 7.47. The molecule has 0 saturated heterocycles. The van der Waals surface area contributed by atoms with Crippen molar-refractivity contribution in [2.45, 2.75) is 71.8 Å². The number of carbonyl (C=O) groups is 1. The maximum absolute atomic E-state index is 12.1. The zero-order valence-electron chi connectivity index (χ0n) is 16.9. The Morgan fingerprint density at radius 2 is 1.79 bits per heavy atom. The standard InChI is InChI=1S/C21H32N2O5/c1-17(2)14-18-10-9-11-19(15-18)16-28-21(24)20(22-25)12-7-5-3-4-6-8-13-23(26)27/h9-11,15,17,25H,3-8,12-14,16H2,1-2H3/b22-20-. The van der Waals surface area contributed by atoms with Crippen LogP contribution < -0.4 is 0 Å². The summed E-state index contributed by atoms with van der Waals surface area (Å²) in [6.45, 7) is 4.49. The maximum Gasteiger partial charge on any atom is 0.356 e. The molecule has 0 radical (unpaired) electrons. The highest BCUT2D eigenvalue weighted by Crippen LogP contribution is 2.12. The van der Waals surface area contributed by atoms with E-state index in [1.54, 1.807) is 0 Å². The van der Waals surface area contributed by atoms with Crippen LogP contribution in [0.4, 0.5) is 0 Å². The van der Waals surface area contributed by atoms with Crippen molar-refractivity contribution >= 4 is 11.7 Å². The molecule has 0 aliphatic rings. The van der Waals surface area contributed by atoms with Gasteiger partial charge in [0.15, 0.2) is 5.71 Å². The Bertz CT molecular complexity index is 643. The van der Waals surface area contributed by atoms with Crippen LogP contribution in [0.25, 0.3) is 0 Å². The molecule has 0 unspecified atom stereocenters. The Morgan fingerprint density at radius 3 is 2.43 bits per heavy atom. The van der Waals surface area contributed by atoms with E-state index in [-0.39, 0.29) is 23.8 Å². The van der Waals surface area contributed by atoms with Gasteiger partial charge in [-0.2, -0.15) is 0 Å². The monoisotopic (exact) mass is 392 g/mol. The van der Waals surface area contributed by atoms with Gasteiger partial charge >= 0.3 is 5.97 Å². The van der Waals surface area contributed by atoms with E-state index >= 15 is 0 Å². The minimum Gasteiger partial charge on any atom is -0.456 e. The summed E-state index contributed by atoms with van der Waals surface area (Å²) in [5.41, 5.74) is 2.16. The summed E-state index contributed by atoms with van der Waals surface area (Å²) >= 11 is 0. The van der Waals surface area contributed by atoms with Crippen molar-refractivity contribution in [2.24, 2.45) is 11.1 Å². The van der Waals surface area contributed by atoms with Gasteiger partial charge in [0.25, 0.3) is 0 Å². The molecule has 1 aromatic carbocycles. The molecule has 0 bridgehead atoms. The first-order valence-electron chi connectivity index (χ1n) is 10.00. The SMILES string of the molecule is CC(C)Cc1cccc(COC(=O)/C(CCCCCCCC[N+](=O)[O-])=N\O)c1. The predicted octanol–water partition coefficient (Wildman–Crippen LogP) is 4.77. The highest BCUT2D eigenvalue weighted by Gasteiger charge is 2.14. The number of hydrogen-bond donors (Lipinski definition) is 1. The van der Waals surface area contributed by atoms with Crippen LogP contribution in [0.2, 0.25) is 0 Å². The number of unbranched alkanes of at least 4 members (excludes halogenated alkanes) is 5. The molecule has 7 heteroatoms. The van der Waals surface area contributed by atoms with E-state index in [9.17, 15) is 14.9 Å². The average Bonchev–Trinajstić information content (AvgIpc) is 2.64. The summed E-state index contributed by atoms with van der Waals surface area (Å²) in [4.78, 5) is 22.0. The highest BCUT2D eigenvalue weighted by molar-refractivity contribution is 6.36. The molecular weight excluding hydrogens is 360 g/mol. The van der Waals surface area contributed by atoms with E-state index in [4.69, 9.17) is 9.94 Å². The van der Waals surface area contributed by atoms with Crippen LogP contribution >= 0.6 is 0 Å². The fourth-order valence-electron chi connectivity index (χ4n) is 2.98. The summed E-state index contributed by atoms with van der Waals surface area (Å²) < 4.78 is 5.28. The number of rotatable bonds is 14. The lowest BCUT2D eigenvalue weighted by Gasteiger charge is -2.09. The van der Waals surface area contributed by atoms with E-state index in [2.05, 4.69) is 25.1 Å². The van der Waals surface area contributed by atoms with Crippen molar-refractivity contribution in [3.05, 3.63) is 45.5 Å². The highest BCUT2D eigenvalue weighted by atomic mass is 16.6. The molecule has 0 fully saturated rings. The zero-order valence-corrected chi connectivity index (χ0v) is 16.9. The number of esters is 1. The molecule has 0 spiro atoms. The molecule has 1 N–H and O–H groups in total. The van der Waals surface area contributed by atoms with E-state index in [0.29, 0.717) is 25.2 Å². The molecule has 0 saturated carbocycles. The summed E-state index contributed by atoms with van der Waals surface area (Å²) in [5, 5.41) is 22.4. The Labute approximate surface area is 166 Å². The average molecular weight is 392 g/mol. The molecule has 1 aromatic rings. The van der Waals surface area contributed by atoms with Crippen molar-refractivity contribution in [3.8, 4) is 0 Å². The van der Waals surface area contributed by atoms with Crippen molar-refractivity contribution in [3.63, 3.8) is 0 Å². The fraction of sp³-hybridized carbons (Fsp3) is 0.619. The topological polar surface area (TPSA) is 102 Å². The number of hydrogen-bond acceptors (Lipinski definition) is 6. The Kier molecular flexibility index (Phi) is 11.5. The molecule has 0 aromatic heterocycles. The Hall–Kier alpha value is -2.44. The number of benzene rings is 1. The molecule has 0 aliphatic heterocycles. The van der Waals surface area contributed by atoms with Crippen LogP contribution in [-0.2, 0) is 22.6 Å². The first-order valence-corrected chi connectivity index (χ1v) is 10.00. The van der Waals surface area contributed by atoms with Gasteiger partial charge in [-0.15, -0.1) is 0 Å². The van der Waals surface area contributed by atoms with Crippen molar-refractivity contribution in [2.75, 3.05) is 6.54 Å². The fourth-order valence-corrected chi connectivity index (χ4v) is 2.98. The van der Waals surface area contributed by atoms with Gasteiger partial charge in [-0.1, -0.05) is 62.5 Å². The predicted molar refractivity (Wildman–Crippen MR) is 108 cm³/mol. The van der Waals surface area contributed by atoms with Crippen LogP contribution in [0.1, 0.15) is 69.9 Å². The number of carbonyl (C=O) groups excluding carboxylic acids is 1. The summed E-state index contributed by atoms with van der Waals surface area (Å²) in [7, 11) is 0. The first-order chi connectivity index (χ1) is 13.4. The van der Waals surface area contributed by atoms with Crippen LogP contribution in [0.15, 0.2) is 29.4 Å². The molecule has 0 aliphatic carbocycles. The van der Waals surface area contributed by atoms with E-state index in [1.807, 2.05) is 18.2 Å². The lowest BCUT2D eigenvalue weighted by atomic mass is 10.0. The van der Waals surface area contributed by atoms with Crippen LogP contribution in [0.3, 0.4) is 0 Å².